The highest BCUT2D eigenvalue weighted by molar-refractivity contribution is 7.12. The lowest BCUT2D eigenvalue weighted by Gasteiger charge is -2.29. The molecule has 1 atom stereocenters. The molecule has 126 valence electrons. The summed E-state index contributed by atoms with van der Waals surface area (Å²) >= 11 is 1.99. The lowest BCUT2D eigenvalue weighted by Crippen LogP contribution is -2.19. The van der Waals surface area contributed by atoms with E-state index < -0.39 is 0 Å². The number of thiophene rings is 1. The first-order valence-electron chi connectivity index (χ1n) is 8.90. The minimum absolute atomic E-state index is 0.205. The van der Waals surface area contributed by atoms with E-state index >= 15 is 0 Å². The summed E-state index contributed by atoms with van der Waals surface area (Å²) < 4.78 is 0. The normalized spacial score (nSPS) is 13.8. The molecule has 0 radical (unpaired) electrons. The summed E-state index contributed by atoms with van der Waals surface area (Å²) in [6.45, 7) is 16.2. The van der Waals surface area contributed by atoms with Crippen molar-refractivity contribution >= 4 is 11.3 Å². The van der Waals surface area contributed by atoms with Gasteiger partial charge in [-0.05, 0) is 52.8 Å². The third-order valence-electron chi connectivity index (χ3n) is 4.88. The lowest BCUT2D eigenvalue weighted by molar-refractivity contribution is 0.441. The molecule has 0 fully saturated rings. The second-order valence-corrected chi connectivity index (χ2v) is 9.31. The highest BCUT2D eigenvalue weighted by Crippen LogP contribution is 2.38. The van der Waals surface area contributed by atoms with Gasteiger partial charge in [-0.3, -0.25) is 0 Å². The lowest BCUT2D eigenvalue weighted by atomic mass is 9.77. The Morgan fingerprint density at radius 1 is 0.783 bits per heavy atom. The zero-order chi connectivity index (χ0) is 17.2. The first-order valence-corrected chi connectivity index (χ1v) is 9.72. The van der Waals surface area contributed by atoms with Crippen molar-refractivity contribution in [1.29, 1.82) is 0 Å². The monoisotopic (exact) mass is 328 g/mol. The van der Waals surface area contributed by atoms with Crippen molar-refractivity contribution in [1.82, 2.24) is 0 Å². The largest absolute Gasteiger partial charge is 0.145 e. The number of hydrogen-bond acceptors (Lipinski definition) is 1. The number of benzene rings is 1. The van der Waals surface area contributed by atoms with Crippen LogP contribution < -0.4 is 0 Å². The van der Waals surface area contributed by atoms with Crippen molar-refractivity contribution in [3.63, 3.8) is 0 Å². The molecule has 0 nitrogen and oxygen atoms in total. The van der Waals surface area contributed by atoms with Crippen molar-refractivity contribution in [2.24, 2.45) is 0 Å². The minimum Gasteiger partial charge on any atom is -0.145 e. The highest BCUT2D eigenvalue weighted by Gasteiger charge is 2.25. The Labute approximate surface area is 147 Å². The average Bonchev–Trinajstić information content (AvgIpc) is 2.97. The molecule has 2 rings (SSSR count). The second-order valence-electron chi connectivity index (χ2n) is 8.16. The van der Waals surface area contributed by atoms with E-state index in [-0.39, 0.29) is 5.41 Å². The Bertz CT molecular complexity index is 614. The molecular weight excluding hydrogens is 296 g/mol. The summed E-state index contributed by atoms with van der Waals surface area (Å²) in [5.41, 5.74) is 3.09. The Kier molecular flexibility index (Phi) is 5.73. The molecule has 0 spiro atoms. The summed E-state index contributed by atoms with van der Waals surface area (Å²) in [5, 5.41) is 0. The van der Waals surface area contributed by atoms with Crippen molar-refractivity contribution in [3.8, 4) is 0 Å². The van der Waals surface area contributed by atoms with Gasteiger partial charge in [0.25, 0.3) is 0 Å². The SMILES string of the molecule is CC(C)c1ccc(C(C)(C)CC(C)c2ccc(C(C)C)s2)cc1. The summed E-state index contributed by atoms with van der Waals surface area (Å²) in [6, 6.07) is 13.9. The van der Waals surface area contributed by atoms with E-state index in [9.17, 15) is 0 Å². The molecule has 1 heteroatoms. The van der Waals surface area contributed by atoms with Gasteiger partial charge in [-0.2, -0.15) is 0 Å². The molecule has 1 aromatic heterocycles. The maximum Gasteiger partial charge on any atom is 0.00768 e. The molecule has 1 aromatic carbocycles. The highest BCUT2D eigenvalue weighted by atomic mass is 32.1. The number of hydrogen-bond donors (Lipinski definition) is 0. The number of rotatable bonds is 6. The maximum absolute atomic E-state index is 2.38. The van der Waals surface area contributed by atoms with Gasteiger partial charge in [0.05, 0.1) is 0 Å². The Hall–Kier alpha value is -1.08. The Morgan fingerprint density at radius 3 is 1.83 bits per heavy atom. The Morgan fingerprint density at radius 2 is 1.35 bits per heavy atom. The summed E-state index contributed by atoms with van der Waals surface area (Å²) in [6.07, 6.45) is 1.19. The van der Waals surface area contributed by atoms with Crippen LogP contribution in [0.2, 0.25) is 0 Å². The quantitative estimate of drug-likeness (QED) is 0.516. The van der Waals surface area contributed by atoms with Gasteiger partial charge in [-0.25, -0.2) is 0 Å². The van der Waals surface area contributed by atoms with Gasteiger partial charge in [0, 0.05) is 9.75 Å². The van der Waals surface area contributed by atoms with E-state index in [0.717, 1.165) is 0 Å². The molecule has 0 amide bonds. The smallest absolute Gasteiger partial charge is 0.00768 e. The third-order valence-corrected chi connectivity index (χ3v) is 6.49. The van der Waals surface area contributed by atoms with E-state index in [1.807, 2.05) is 11.3 Å². The fourth-order valence-corrected chi connectivity index (χ4v) is 4.31. The first kappa shape index (κ1) is 18.3. The molecule has 0 bridgehead atoms. The maximum atomic E-state index is 2.38. The predicted octanol–water partition coefficient (Wildman–Crippen LogP) is 7.47. The van der Waals surface area contributed by atoms with E-state index in [4.69, 9.17) is 0 Å². The summed E-state index contributed by atoms with van der Waals surface area (Å²) in [5.74, 6) is 1.84. The van der Waals surface area contributed by atoms with E-state index in [1.165, 1.54) is 27.3 Å². The molecular formula is C22H32S. The predicted molar refractivity (Wildman–Crippen MR) is 105 cm³/mol. The van der Waals surface area contributed by atoms with Crippen LogP contribution in [0.25, 0.3) is 0 Å². The Balaban J connectivity index is 2.12. The molecule has 1 heterocycles. The third kappa shape index (κ3) is 4.47. The van der Waals surface area contributed by atoms with E-state index in [2.05, 4.69) is 84.9 Å². The first-order chi connectivity index (χ1) is 10.7. The molecule has 0 aliphatic heterocycles. The molecule has 0 aliphatic rings. The molecule has 0 saturated carbocycles. The summed E-state index contributed by atoms with van der Waals surface area (Å²) in [4.78, 5) is 3.03. The zero-order valence-electron chi connectivity index (χ0n) is 15.8. The zero-order valence-corrected chi connectivity index (χ0v) is 16.6. The van der Waals surface area contributed by atoms with Crippen LogP contribution in [0.15, 0.2) is 36.4 Å². The fourth-order valence-electron chi connectivity index (χ4n) is 3.25. The molecule has 0 N–H and O–H groups in total. The van der Waals surface area contributed by atoms with Crippen LogP contribution in [0.5, 0.6) is 0 Å². The molecule has 1 unspecified atom stereocenters. The van der Waals surface area contributed by atoms with Crippen LogP contribution in [-0.4, -0.2) is 0 Å². The van der Waals surface area contributed by atoms with Crippen LogP contribution in [0.3, 0.4) is 0 Å². The van der Waals surface area contributed by atoms with Crippen molar-refractivity contribution in [2.75, 3.05) is 0 Å². The molecule has 23 heavy (non-hydrogen) atoms. The van der Waals surface area contributed by atoms with Crippen molar-refractivity contribution in [2.45, 2.75) is 78.1 Å². The second kappa shape index (κ2) is 7.21. The topological polar surface area (TPSA) is 0 Å². The van der Waals surface area contributed by atoms with E-state index in [1.54, 1.807) is 0 Å². The van der Waals surface area contributed by atoms with Gasteiger partial charge in [0.2, 0.25) is 0 Å². The molecule has 0 aliphatic carbocycles. The van der Waals surface area contributed by atoms with E-state index in [0.29, 0.717) is 17.8 Å². The average molecular weight is 329 g/mol. The van der Waals surface area contributed by atoms with Gasteiger partial charge < -0.3 is 0 Å². The molecule has 2 aromatic rings. The van der Waals surface area contributed by atoms with Gasteiger partial charge in [0.15, 0.2) is 0 Å². The minimum atomic E-state index is 0.205. The fraction of sp³-hybridized carbons (Fsp3) is 0.545. The van der Waals surface area contributed by atoms with Crippen LogP contribution in [0, 0.1) is 0 Å². The van der Waals surface area contributed by atoms with Crippen molar-refractivity contribution < 1.29 is 0 Å². The van der Waals surface area contributed by atoms with Gasteiger partial charge in [-0.1, -0.05) is 72.7 Å². The standard InChI is InChI=1S/C22H32S/c1-15(2)18-8-10-19(11-9-18)22(6,7)14-17(5)21-13-12-20(23-21)16(3)4/h8-13,15-17H,14H2,1-7H3. The van der Waals surface area contributed by atoms with Crippen LogP contribution in [-0.2, 0) is 5.41 Å². The van der Waals surface area contributed by atoms with Crippen LogP contribution in [0.4, 0.5) is 0 Å². The van der Waals surface area contributed by atoms with Crippen molar-refractivity contribution in [3.05, 3.63) is 57.3 Å². The van der Waals surface area contributed by atoms with Gasteiger partial charge in [-0.15, -0.1) is 11.3 Å². The van der Waals surface area contributed by atoms with Crippen LogP contribution in [0.1, 0.15) is 93.5 Å². The van der Waals surface area contributed by atoms with Gasteiger partial charge >= 0.3 is 0 Å². The molecule has 0 saturated heterocycles. The van der Waals surface area contributed by atoms with Gasteiger partial charge in [0.1, 0.15) is 0 Å². The summed E-state index contributed by atoms with van der Waals surface area (Å²) in [7, 11) is 0. The van der Waals surface area contributed by atoms with Crippen LogP contribution >= 0.6 is 11.3 Å².